The third-order valence-electron chi connectivity index (χ3n) is 2.73. The van der Waals surface area contributed by atoms with Gasteiger partial charge in [0.05, 0.1) is 0 Å². The fourth-order valence-corrected chi connectivity index (χ4v) is 2.08. The summed E-state index contributed by atoms with van der Waals surface area (Å²) in [6.45, 7) is 1.97. The quantitative estimate of drug-likeness (QED) is 0.399. The molecule has 0 heterocycles. The van der Waals surface area contributed by atoms with Crippen LogP contribution in [0.5, 0.6) is 11.5 Å². The van der Waals surface area contributed by atoms with Crippen LogP contribution < -0.4 is 10.1 Å². The molecule has 2 aromatic rings. The molecule has 2 aromatic carbocycles. The average Bonchev–Trinajstić information content (AvgIpc) is 2.51. The number of benzene rings is 2. The number of rotatable bonds is 3. The number of hydrogen-bond donors (Lipinski definition) is 1. The Kier molecular flexibility index (Phi) is 5.24. The molecular weight excluding hydrogens is 282 g/mol. The normalized spacial score (nSPS) is 10.8. The molecule has 0 unspecified atom stereocenters. The number of aryl methyl sites for hydroxylation is 1. The van der Waals surface area contributed by atoms with Gasteiger partial charge in [-0.2, -0.15) is 5.26 Å². The first-order valence-corrected chi connectivity index (χ1v) is 7.57. The molecule has 0 amide bonds. The van der Waals surface area contributed by atoms with E-state index in [0.717, 1.165) is 11.3 Å². The van der Waals surface area contributed by atoms with Crippen molar-refractivity contribution in [2.45, 2.75) is 6.92 Å². The van der Waals surface area contributed by atoms with Gasteiger partial charge in [-0.05, 0) is 36.9 Å². The van der Waals surface area contributed by atoms with Gasteiger partial charge in [-0.3, -0.25) is 5.32 Å². The van der Waals surface area contributed by atoms with Crippen molar-refractivity contribution in [3.8, 4) is 17.7 Å². The molecule has 0 spiro atoms. The van der Waals surface area contributed by atoms with Crippen molar-refractivity contribution in [2.24, 2.45) is 4.99 Å². The fourth-order valence-electron chi connectivity index (χ4n) is 1.75. The van der Waals surface area contributed by atoms with Crippen LogP contribution in [0.15, 0.2) is 53.5 Å². The largest absolute Gasteiger partial charge is 0.455 e. The van der Waals surface area contributed by atoms with Crippen molar-refractivity contribution in [1.29, 1.82) is 5.26 Å². The number of ether oxygens (including phenoxy) is 1. The van der Waals surface area contributed by atoms with Crippen LogP contribution >= 0.6 is 11.8 Å². The molecule has 0 aliphatic heterocycles. The van der Waals surface area contributed by atoms with E-state index in [-0.39, 0.29) is 0 Å². The molecule has 106 valence electrons. The van der Waals surface area contributed by atoms with E-state index in [9.17, 15) is 0 Å². The zero-order valence-corrected chi connectivity index (χ0v) is 12.6. The molecule has 0 fully saturated rings. The lowest BCUT2D eigenvalue weighted by Crippen LogP contribution is -2.12. The van der Waals surface area contributed by atoms with E-state index in [0.29, 0.717) is 16.6 Å². The Morgan fingerprint density at radius 3 is 2.62 bits per heavy atom. The van der Waals surface area contributed by atoms with Crippen molar-refractivity contribution in [1.82, 2.24) is 5.32 Å². The predicted octanol–water partition coefficient (Wildman–Crippen LogP) is 4.21. The highest BCUT2D eigenvalue weighted by molar-refractivity contribution is 8.13. The van der Waals surface area contributed by atoms with Gasteiger partial charge in [0.15, 0.2) is 17.1 Å². The lowest BCUT2D eigenvalue weighted by molar-refractivity contribution is 0.480. The SMILES string of the molecule is CSC(=Nc1cccc(C)c1Oc1ccccc1)NC#N. The predicted molar refractivity (Wildman–Crippen MR) is 87.1 cm³/mol. The standard InChI is InChI=1S/C16H15N3OS/c1-12-7-6-10-14(19-16(21-2)18-11-17)15(12)20-13-8-4-3-5-9-13/h3-10H,1-2H3,(H,18,19). The van der Waals surface area contributed by atoms with Gasteiger partial charge in [-0.15, -0.1) is 0 Å². The Morgan fingerprint density at radius 1 is 1.19 bits per heavy atom. The summed E-state index contributed by atoms with van der Waals surface area (Å²) in [5.74, 6) is 1.44. The molecule has 21 heavy (non-hydrogen) atoms. The zero-order chi connectivity index (χ0) is 15.1. The highest BCUT2D eigenvalue weighted by Gasteiger charge is 2.09. The lowest BCUT2D eigenvalue weighted by atomic mass is 10.2. The van der Waals surface area contributed by atoms with E-state index in [4.69, 9.17) is 10.00 Å². The molecule has 0 radical (unpaired) electrons. The van der Waals surface area contributed by atoms with E-state index in [1.165, 1.54) is 11.8 Å². The lowest BCUT2D eigenvalue weighted by Gasteiger charge is -2.12. The van der Waals surface area contributed by atoms with Crippen LogP contribution in [-0.4, -0.2) is 11.4 Å². The monoisotopic (exact) mass is 297 g/mol. The molecule has 1 N–H and O–H groups in total. The molecular formula is C16H15N3OS. The summed E-state index contributed by atoms with van der Waals surface area (Å²) in [5, 5.41) is 11.8. The summed E-state index contributed by atoms with van der Waals surface area (Å²) < 4.78 is 5.94. The van der Waals surface area contributed by atoms with Crippen LogP contribution in [0.4, 0.5) is 5.69 Å². The van der Waals surface area contributed by atoms with E-state index in [1.807, 2.05) is 67.9 Å². The number of nitriles is 1. The first-order chi connectivity index (χ1) is 10.2. The molecule has 0 aromatic heterocycles. The van der Waals surface area contributed by atoms with E-state index in [2.05, 4.69) is 10.3 Å². The third kappa shape index (κ3) is 4.01. The Bertz CT molecular complexity index is 678. The minimum absolute atomic E-state index is 0.529. The Hall–Kier alpha value is -2.45. The van der Waals surface area contributed by atoms with Crippen LogP contribution in [0.2, 0.25) is 0 Å². The first-order valence-electron chi connectivity index (χ1n) is 6.35. The number of amidine groups is 1. The highest BCUT2D eigenvalue weighted by atomic mass is 32.2. The van der Waals surface area contributed by atoms with Crippen LogP contribution in [-0.2, 0) is 0 Å². The number of nitrogens with zero attached hydrogens (tertiary/aromatic N) is 2. The van der Waals surface area contributed by atoms with E-state index < -0.39 is 0 Å². The smallest absolute Gasteiger partial charge is 0.183 e. The van der Waals surface area contributed by atoms with Gasteiger partial charge in [-0.25, -0.2) is 4.99 Å². The van der Waals surface area contributed by atoms with Gasteiger partial charge in [-0.1, -0.05) is 42.1 Å². The Labute approximate surface area is 128 Å². The molecule has 0 saturated heterocycles. The minimum Gasteiger partial charge on any atom is -0.455 e. The minimum atomic E-state index is 0.529. The molecule has 0 aliphatic rings. The second-order valence-corrected chi connectivity index (χ2v) is 4.99. The van der Waals surface area contributed by atoms with Crippen molar-refractivity contribution in [2.75, 3.05) is 6.26 Å². The summed E-state index contributed by atoms with van der Waals surface area (Å²) in [5.41, 5.74) is 1.67. The number of para-hydroxylation sites is 2. The summed E-state index contributed by atoms with van der Waals surface area (Å²) in [4.78, 5) is 4.44. The number of hydrogen-bond acceptors (Lipinski definition) is 4. The second-order valence-electron chi connectivity index (χ2n) is 4.20. The topological polar surface area (TPSA) is 57.4 Å². The zero-order valence-electron chi connectivity index (χ0n) is 11.8. The van der Waals surface area contributed by atoms with Gasteiger partial charge >= 0.3 is 0 Å². The maximum absolute atomic E-state index is 8.72. The molecule has 0 bridgehead atoms. The molecule has 5 heteroatoms. The maximum atomic E-state index is 8.72. The number of aliphatic imine (C=N–C) groups is 1. The maximum Gasteiger partial charge on any atom is 0.183 e. The third-order valence-corrected chi connectivity index (χ3v) is 3.31. The molecule has 4 nitrogen and oxygen atoms in total. The average molecular weight is 297 g/mol. The van der Waals surface area contributed by atoms with Crippen molar-refractivity contribution >= 4 is 22.6 Å². The van der Waals surface area contributed by atoms with E-state index in [1.54, 1.807) is 0 Å². The molecule has 2 rings (SSSR count). The first kappa shape index (κ1) is 14.9. The second kappa shape index (κ2) is 7.36. The summed E-state index contributed by atoms with van der Waals surface area (Å²) in [6, 6.07) is 15.3. The Balaban J connectivity index is 2.39. The van der Waals surface area contributed by atoms with Crippen molar-refractivity contribution in [3.05, 3.63) is 54.1 Å². The fraction of sp³-hybridized carbons (Fsp3) is 0.125. The summed E-state index contributed by atoms with van der Waals surface area (Å²) >= 11 is 1.37. The number of nitrogens with one attached hydrogen (secondary N) is 1. The summed E-state index contributed by atoms with van der Waals surface area (Å²) in [7, 11) is 0. The van der Waals surface area contributed by atoms with Gasteiger partial charge in [0.2, 0.25) is 0 Å². The van der Waals surface area contributed by atoms with Gasteiger partial charge in [0.1, 0.15) is 11.4 Å². The molecule has 0 aliphatic carbocycles. The van der Waals surface area contributed by atoms with Gasteiger partial charge < -0.3 is 4.74 Å². The molecule has 0 saturated carbocycles. The van der Waals surface area contributed by atoms with Crippen LogP contribution in [0, 0.1) is 18.4 Å². The van der Waals surface area contributed by atoms with E-state index >= 15 is 0 Å². The van der Waals surface area contributed by atoms with Crippen molar-refractivity contribution < 1.29 is 4.74 Å². The summed E-state index contributed by atoms with van der Waals surface area (Å²) in [6.07, 6.45) is 3.74. The van der Waals surface area contributed by atoms with Crippen molar-refractivity contribution in [3.63, 3.8) is 0 Å². The number of thioether (sulfide) groups is 1. The molecule has 0 atom stereocenters. The van der Waals surface area contributed by atoms with Crippen LogP contribution in [0.3, 0.4) is 0 Å². The van der Waals surface area contributed by atoms with Gasteiger partial charge in [0, 0.05) is 0 Å². The van der Waals surface area contributed by atoms with Gasteiger partial charge in [0.25, 0.3) is 0 Å². The Morgan fingerprint density at radius 2 is 1.95 bits per heavy atom. The van der Waals surface area contributed by atoms with Crippen LogP contribution in [0.1, 0.15) is 5.56 Å². The highest BCUT2D eigenvalue weighted by Crippen LogP contribution is 2.35. The van der Waals surface area contributed by atoms with Crippen LogP contribution in [0.25, 0.3) is 0 Å².